The minimum absolute atomic E-state index is 0.460. The van der Waals surface area contributed by atoms with Gasteiger partial charge in [-0.1, -0.05) is 48.5 Å². The van der Waals surface area contributed by atoms with Crippen LogP contribution in [0.25, 0.3) is 16.2 Å². The minimum atomic E-state index is -0.718. The summed E-state index contributed by atoms with van der Waals surface area (Å²) in [6, 6.07) is 35.6. The highest BCUT2D eigenvalue weighted by molar-refractivity contribution is 5.93. The summed E-state index contributed by atoms with van der Waals surface area (Å²) in [5, 5.41) is 9.64. The number of ether oxygens (including phenoxy) is 2. The van der Waals surface area contributed by atoms with Gasteiger partial charge in [-0.3, -0.25) is 14.9 Å². The maximum atomic E-state index is 9.64. The van der Waals surface area contributed by atoms with E-state index >= 15 is 0 Å². The van der Waals surface area contributed by atoms with Crippen LogP contribution in [0.15, 0.2) is 116 Å². The van der Waals surface area contributed by atoms with E-state index in [4.69, 9.17) is 26.0 Å². The molecule has 0 unspecified atom stereocenters. The fraction of sp³-hybridized carbons (Fsp3) is 0.0270. The van der Waals surface area contributed by atoms with E-state index in [9.17, 15) is 5.26 Å². The lowest BCUT2D eigenvalue weighted by atomic mass is 9.66. The third-order valence-electron chi connectivity index (χ3n) is 8.65. The summed E-state index contributed by atoms with van der Waals surface area (Å²) >= 11 is 0. The standard InChI is InChI=1S/C37H19N5O2/c1-39-23-14-16-29-33(20-23)43-32-19-22(21-38)13-15-28(32)42(29)30-11-4-8-27-36(30)44-31-12-3-2-7-24(31)37(27)25-9-5-17-40-34(25)35-26(37)10-6-18-41-35/h2-20H. The molecule has 1 spiro atoms. The molecule has 3 aliphatic rings. The van der Waals surface area contributed by atoms with Crippen LogP contribution in [0, 0.1) is 17.9 Å². The average Bonchev–Trinajstić information content (AvgIpc) is 3.37. The van der Waals surface area contributed by atoms with Crippen molar-refractivity contribution in [3.05, 3.63) is 155 Å². The van der Waals surface area contributed by atoms with Gasteiger partial charge in [-0.2, -0.15) is 5.26 Å². The first-order valence-electron chi connectivity index (χ1n) is 14.1. The van der Waals surface area contributed by atoms with Gasteiger partial charge in [-0.15, -0.1) is 0 Å². The van der Waals surface area contributed by atoms with Crippen molar-refractivity contribution in [2.45, 2.75) is 5.41 Å². The lowest BCUT2D eigenvalue weighted by molar-refractivity contribution is 0.436. The van der Waals surface area contributed by atoms with Crippen molar-refractivity contribution in [2.24, 2.45) is 0 Å². The minimum Gasteiger partial charge on any atom is -0.454 e. The summed E-state index contributed by atoms with van der Waals surface area (Å²) in [4.78, 5) is 15.3. The number of aromatic nitrogens is 2. The number of pyridine rings is 2. The molecule has 44 heavy (non-hydrogen) atoms. The van der Waals surface area contributed by atoms with Gasteiger partial charge < -0.3 is 9.47 Å². The summed E-state index contributed by atoms with van der Waals surface area (Å²) in [7, 11) is 0. The van der Waals surface area contributed by atoms with Crippen LogP contribution in [-0.4, -0.2) is 9.97 Å². The Morgan fingerprint density at radius 2 is 1.34 bits per heavy atom. The Kier molecular flexibility index (Phi) is 4.83. The second kappa shape index (κ2) is 8.78. The van der Waals surface area contributed by atoms with Crippen LogP contribution >= 0.6 is 0 Å². The predicted octanol–water partition coefficient (Wildman–Crippen LogP) is 8.94. The van der Waals surface area contributed by atoms with Gasteiger partial charge in [0.15, 0.2) is 17.2 Å². The summed E-state index contributed by atoms with van der Waals surface area (Å²) in [5.74, 6) is 2.48. The van der Waals surface area contributed by atoms with Crippen molar-refractivity contribution >= 4 is 22.7 Å². The molecule has 9 rings (SSSR count). The molecule has 2 aliphatic heterocycles. The Balaban J connectivity index is 1.38. The molecule has 0 amide bonds. The van der Waals surface area contributed by atoms with Crippen molar-refractivity contribution in [2.75, 3.05) is 4.90 Å². The zero-order valence-corrected chi connectivity index (χ0v) is 23.0. The Morgan fingerprint density at radius 3 is 2.09 bits per heavy atom. The molecule has 0 saturated heterocycles. The number of nitriles is 1. The number of hydrogen-bond acceptors (Lipinski definition) is 6. The molecule has 0 radical (unpaired) electrons. The van der Waals surface area contributed by atoms with E-state index in [0.29, 0.717) is 28.5 Å². The van der Waals surface area contributed by atoms with E-state index in [1.807, 2.05) is 67.0 Å². The summed E-state index contributed by atoms with van der Waals surface area (Å²) in [6.07, 6.45) is 3.63. The number of para-hydroxylation sites is 2. The number of hydrogen-bond donors (Lipinski definition) is 0. The molecule has 0 fully saturated rings. The molecule has 1 aliphatic carbocycles. The lowest BCUT2D eigenvalue weighted by Crippen LogP contribution is -2.33. The fourth-order valence-electron chi connectivity index (χ4n) is 6.94. The lowest BCUT2D eigenvalue weighted by Gasteiger charge is -2.41. The first-order chi connectivity index (χ1) is 21.7. The number of anilines is 3. The Bertz CT molecular complexity index is 2190. The van der Waals surface area contributed by atoms with Crippen LogP contribution in [-0.2, 0) is 5.41 Å². The highest BCUT2D eigenvalue weighted by Crippen LogP contribution is 2.64. The summed E-state index contributed by atoms with van der Waals surface area (Å²) in [6.45, 7) is 7.57. The van der Waals surface area contributed by atoms with Crippen LogP contribution in [0.5, 0.6) is 23.0 Å². The van der Waals surface area contributed by atoms with Crippen molar-refractivity contribution in [3.8, 4) is 40.5 Å². The zero-order valence-electron chi connectivity index (χ0n) is 23.0. The largest absolute Gasteiger partial charge is 0.454 e. The SMILES string of the molecule is [C-]#[N+]c1ccc2c(c1)Oc1cc(C#N)ccc1N2c1cccc2c1Oc1ccccc1C21c2cccnc2-c2ncccc21. The molecular weight excluding hydrogens is 546 g/mol. The second-order valence-electron chi connectivity index (χ2n) is 10.8. The predicted molar refractivity (Wildman–Crippen MR) is 165 cm³/mol. The molecule has 0 atom stereocenters. The van der Waals surface area contributed by atoms with E-state index in [2.05, 4.69) is 40.1 Å². The van der Waals surface area contributed by atoms with Crippen molar-refractivity contribution in [1.82, 2.24) is 9.97 Å². The zero-order chi connectivity index (χ0) is 29.4. The van der Waals surface area contributed by atoms with E-state index in [1.165, 1.54) is 0 Å². The number of fused-ring (bicyclic) bond motifs is 11. The highest BCUT2D eigenvalue weighted by Gasteiger charge is 2.53. The van der Waals surface area contributed by atoms with Crippen LogP contribution in [0.1, 0.15) is 27.8 Å². The molecule has 4 aromatic carbocycles. The van der Waals surface area contributed by atoms with E-state index in [0.717, 1.165) is 56.5 Å². The van der Waals surface area contributed by atoms with E-state index in [1.54, 1.807) is 24.3 Å². The van der Waals surface area contributed by atoms with Gasteiger partial charge >= 0.3 is 0 Å². The molecule has 4 heterocycles. The van der Waals surface area contributed by atoms with Crippen molar-refractivity contribution < 1.29 is 9.47 Å². The molecule has 2 aromatic heterocycles. The smallest absolute Gasteiger partial charge is 0.191 e. The Labute approximate surface area is 252 Å². The monoisotopic (exact) mass is 565 g/mol. The van der Waals surface area contributed by atoms with Crippen LogP contribution in [0.3, 0.4) is 0 Å². The maximum absolute atomic E-state index is 9.64. The topological polar surface area (TPSA) is 75.6 Å². The molecule has 0 N–H and O–H groups in total. The normalized spacial score (nSPS) is 13.9. The van der Waals surface area contributed by atoms with Gasteiger partial charge in [0.25, 0.3) is 0 Å². The number of benzene rings is 4. The molecule has 7 heteroatoms. The van der Waals surface area contributed by atoms with Crippen molar-refractivity contribution in [3.63, 3.8) is 0 Å². The van der Waals surface area contributed by atoms with Gasteiger partial charge in [0.1, 0.15) is 11.5 Å². The van der Waals surface area contributed by atoms with Gasteiger partial charge in [0, 0.05) is 29.6 Å². The van der Waals surface area contributed by atoms with E-state index < -0.39 is 5.41 Å². The van der Waals surface area contributed by atoms with Gasteiger partial charge in [0.05, 0.1) is 52.1 Å². The first-order valence-corrected chi connectivity index (χ1v) is 14.1. The van der Waals surface area contributed by atoms with Crippen molar-refractivity contribution in [1.29, 1.82) is 5.26 Å². The van der Waals surface area contributed by atoms with Gasteiger partial charge in [-0.05, 0) is 59.7 Å². The first kappa shape index (κ1) is 24.2. The Morgan fingerprint density at radius 1 is 0.659 bits per heavy atom. The number of rotatable bonds is 1. The molecule has 6 aromatic rings. The quantitative estimate of drug-likeness (QED) is 0.185. The maximum Gasteiger partial charge on any atom is 0.191 e. The molecule has 7 nitrogen and oxygen atoms in total. The summed E-state index contributed by atoms with van der Waals surface area (Å²) in [5.41, 5.74) is 8.33. The third-order valence-corrected chi connectivity index (χ3v) is 8.65. The van der Waals surface area contributed by atoms with Crippen LogP contribution in [0.4, 0.5) is 22.7 Å². The number of nitrogens with zero attached hydrogens (tertiary/aromatic N) is 5. The molecule has 0 bridgehead atoms. The van der Waals surface area contributed by atoms with E-state index in [-0.39, 0.29) is 0 Å². The Hall–Kier alpha value is -6.44. The van der Waals surface area contributed by atoms with Crippen LogP contribution in [0.2, 0.25) is 0 Å². The molecule has 0 saturated carbocycles. The van der Waals surface area contributed by atoms with Gasteiger partial charge in [-0.25, -0.2) is 4.85 Å². The fourth-order valence-corrected chi connectivity index (χ4v) is 6.94. The highest BCUT2D eigenvalue weighted by atomic mass is 16.5. The average molecular weight is 566 g/mol. The van der Waals surface area contributed by atoms with Crippen LogP contribution < -0.4 is 14.4 Å². The summed E-state index contributed by atoms with van der Waals surface area (Å²) < 4.78 is 13.2. The molecular formula is C37H19N5O2. The molecule has 204 valence electrons. The van der Waals surface area contributed by atoms with Gasteiger partial charge in [0.2, 0.25) is 0 Å². The third kappa shape index (κ3) is 3.02. The second-order valence-corrected chi connectivity index (χ2v) is 10.8.